The van der Waals surface area contributed by atoms with Crippen LogP contribution < -0.4 is 20.1 Å². The number of amides is 4. The Kier molecular flexibility index (Phi) is 21.1. The Balaban J connectivity index is 0.000000221. The van der Waals surface area contributed by atoms with E-state index in [2.05, 4.69) is 58.5 Å². The highest BCUT2D eigenvalue weighted by atomic mass is 16.5. The van der Waals surface area contributed by atoms with Gasteiger partial charge in [0, 0.05) is 81.6 Å². The van der Waals surface area contributed by atoms with Crippen LogP contribution in [0.3, 0.4) is 0 Å². The van der Waals surface area contributed by atoms with E-state index in [1.54, 1.807) is 39.3 Å². The molecule has 2 saturated heterocycles. The van der Waals surface area contributed by atoms with Crippen LogP contribution in [0.5, 0.6) is 11.5 Å². The van der Waals surface area contributed by atoms with Crippen LogP contribution >= 0.6 is 0 Å². The molecule has 2 atom stereocenters. The molecule has 3 N–H and O–H groups in total. The molecular weight excluding hydrogens is 957 g/mol. The molecule has 4 heterocycles. The smallest absolute Gasteiger partial charge is 0.245 e. The molecule has 15 heteroatoms. The number of H-pyrrole nitrogens is 1. The minimum atomic E-state index is -0.678. The number of carbonyl (C=O) groups excluding carboxylic acids is 4. The summed E-state index contributed by atoms with van der Waals surface area (Å²) >= 11 is 0. The molecule has 410 valence electrons. The van der Waals surface area contributed by atoms with Crippen molar-refractivity contribution in [3.05, 3.63) is 131 Å². The van der Waals surface area contributed by atoms with Crippen LogP contribution in [0.15, 0.2) is 97.8 Å². The Bertz CT molecular complexity index is 2580. The predicted octanol–water partition coefficient (Wildman–Crippen LogP) is 9.02. The van der Waals surface area contributed by atoms with Gasteiger partial charge in [-0.1, -0.05) is 107 Å². The highest BCUT2D eigenvalue weighted by Gasteiger charge is 2.51. The van der Waals surface area contributed by atoms with Crippen LogP contribution in [0.2, 0.25) is 0 Å². The number of hydrogen-bond donors (Lipinski definition) is 3. The summed E-state index contributed by atoms with van der Waals surface area (Å²) in [7, 11) is 5.17. The lowest BCUT2D eigenvalue weighted by Gasteiger charge is -2.56. The maximum atomic E-state index is 13.8. The first-order valence-corrected chi connectivity index (χ1v) is 27.9. The molecule has 2 aliphatic heterocycles. The summed E-state index contributed by atoms with van der Waals surface area (Å²) in [6.07, 6.45) is 22.9. The molecule has 2 aromatic heterocycles. The van der Waals surface area contributed by atoms with Gasteiger partial charge >= 0.3 is 0 Å². The van der Waals surface area contributed by atoms with Gasteiger partial charge in [0.05, 0.1) is 40.0 Å². The van der Waals surface area contributed by atoms with Gasteiger partial charge in [-0.2, -0.15) is 0 Å². The molecule has 0 radical (unpaired) electrons. The largest absolute Gasteiger partial charge is 0.497 e. The maximum absolute atomic E-state index is 13.8. The molecule has 15 nitrogen and oxygen atoms in total. The zero-order chi connectivity index (χ0) is 53.9. The third-order valence-corrected chi connectivity index (χ3v) is 16.0. The maximum Gasteiger partial charge on any atom is 0.245 e. The number of methoxy groups -OCH3 is 2. The zero-order valence-corrected chi connectivity index (χ0v) is 46.1. The number of nitrogens with zero attached hydrogens (tertiary/aromatic N) is 5. The van der Waals surface area contributed by atoms with Crippen LogP contribution in [-0.4, -0.2) is 112 Å². The van der Waals surface area contributed by atoms with Crippen LogP contribution in [0.4, 0.5) is 0 Å². The summed E-state index contributed by atoms with van der Waals surface area (Å²) in [6, 6.07) is 22.3. The number of imidazole rings is 2. The third kappa shape index (κ3) is 15.3. The second kappa shape index (κ2) is 28.1. The highest BCUT2D eigenvalue weighted by Crippen LogP contribution is 2.49. The van der Waals surface area contributed by atoms with Crippen molar-refractivity contribution in [2.45, 2.75) is 148 Å². The molecule has 1 aliphatic carbocycles. The summed E-state index contributed by atoms with van der Waals surface area (Å²) < 4.78 is 18.9. The standard InChI is InChI=1S/C31H40N4O4.C30H44N4O3/c1-5-6-17-39-31(27-10-8-7-9-23(27)2)20-35(21-31)30(37)28(18-24-11-14-26(38-4)15-12-24)33-29(36)16-13-25-19-32-22-34(25)3;1-3-4-8-17-30(24-9-6-5-7-10-24)20-34(21-30)29(36)27(18-23-11-14-26(37-2)15-12-23)33-28(35)16-13-25-19-31-22-32-25/h7-12,14-15,19,22,28H,5-6,13,16-18,20-21H2,1-4H3,(H,33,36);11-12,14-15,19,22,24,27H,3-10,13,16-18,20-21H2,1-2H3,(H,31,32)(H,33,35)/t28-;27-/m11/s1. The molecule has 0 unspecified atom stereocenters. The summed E-state index contributed by atoms with van der Waals surface area (Å²) in [6.45, 7) is 9.72. The normalized spacial score (nSPS) is 16.5. The quantitative estimate of drug-likeness (QED) is 0.0457. The van der Waals surface area contributed by atoms with E-state index in [1.807, 2.05) is 82.1 Å². The number of rotatable bonds is 26. The average molecular weight is 1040 g/mol. The molecule has 76 heavy (non-hydrogen) atoms. The van der Waals surface area contributed by atoms with Crippen LogP contribution in [0.1, 0.15) is 131 Å². The van der Waals surface area contributed by atoms with Crippen molar-refractivity contribution in [3.8, 4) is 11.5 Å². The SMILES string of the molecule is CCCCCC1(C2CCCCC2)CN(C(=O)[C@@H](Cc2ccc(OC)cc2)NC(=O)CCc2cnc[nH]2)C1.CCCCOC1(c2ccccc2C)CN(C(=O)[C@@H](Cc2ccc(OC)cc2)NC(=O)CCc2cncn2C)C1. The number of unbranched alkanes of at least 4 members (excludes halogenated alkanes) is 3. The fourth-order valence-corrected chi connectivity index (χ4v) is 11.4. The number of aromatic amines is 1. The number of benzene rings is 3. The van der Waals surface area contributed by atoms with Gasteiger partial charge in [0.1, 0.15) is 29.2 Å². The van der Waals surface area contributed by atoms with E-state index < -0.39 is 17.7 Å². The second-order valence-electron chi connectivity index (χ2n) is 21.5. The van der Waals surface area contributed by atoms with Crippen molar-refractivity contribution in [3.63, 3.8) is 0 Å². The van der Waals surface area contributed by atoms with Crippen LogP contribution in [0.25, 0.3) is 0 Å². The monoisotopic (exact) mass is 1040 g/mol. The Labute approximate surface area is 451 Å². The first-order valence-electron chi connectivity index (χ1n) is 27.9. The van der Waals surface area contributed by atoms with Gasteiger partial charge in [-0.3, -0.25) is 19.2 Å². The summed E-state index contributed by atoms with van der Waals surface area (Å²) in [5.74, 6) is 1.94. The van der Waals surface area contributed by atoms with Gasteiger partial charge in [-0.25, -0.2) is 9.97 Å². The van der Waals surface area contributed by atoms with Crippen molar-refractivity contribution < 1.29 is 33.4 Å². The first kappa shape index (κ1) is 57.2. The number of carbonyl (C=O) groups is 4. The van der Waals surface area contributed by atoms with Crippen molar-refractivity contribution in [1.82, 2.24) is 40.0 Å². The molecular formula is C61H84N8O7. The summed E-state index contributed by atoms with van der Waals surface area (Å²) in [4.78, 5) is 68.5. The topological polar surface area (TPSA) is 173 Å². The molecule has 5 aromatic rings. The zero-order valence-electron chi connectivity index (χ0n) is 46.1. The number of aryl methyl sites for hydroxylation is 4. The van der Waals surface area contributed by atoms with E-state index in [4.69, 9.17) is 14.2 Å². The minimum Gasteiger partial charge on any atom is -0.497 e. The fraction of sp³-hybridized carbons (Fsp3) is 0.541. The lowest BCUT2D eigenvalue weighted by molar-refractivity contribution is -0.175. The highest BCUT2D eigenvalue weighted by molar-refractivity contribution is 5.89. The molecule has 4 amide bonds. The Morgan fingerprint density at radius 1 is 0.711 bits per heavy atom. The molecule has 8 rings (SSSR count). The van der Waals surface area contributed by atoms with Crippen LogP contribution in [0, 0.1) is 18.3 Å². The third-order valence-electron chi connectivity index (χ3n) is 16.0. The first-order chi connectivity index (χ1) is 36.9. The van der Waals surface area contributed by atoms with E-state index in [-0.39, 0.29) is 35.5 Å². The van der Waals surface area contributed by atoms with Gasteiger partial charge in [0.15, 0.2) is 0 Å². The van der Waals surface area contributed by atoms with Gasteiger partial charge < -0.3 is 44.2 Å². The number of likely N-dealkylation sites (tertiary alicyclic amines) is 2. The Morgan fingerprint density at radius 2 is 1.29 bits per heavy atom. The molecule has 3 aliphatic rings. The molecule has 0 bridgehead atoms. The molecule has 3 fully saturated rings. The second-order valence-corrected chi connectivity index (χ2v) is 21.5. The van der Waals surface area contributed by atoms with E-state index in [0.29, 0.717) is 51.8 Å². The summed E-state index contributed by atoms with van der Waals surface area (Å²) in [5, 5.41) is 6.09. The van der Waals surface area contributed by atoms with E-state index >= 15 is 0 Å². The van der Waals surface area contributed by atoms with E-state index in [9.17, 15) is 19.2 Å². The number of aromatic nitrogens is 4. The van der Waals surface area contributed by atoms with Gasteiger partial charge in [0.25, 0.3) is 0 Å². The van der Waals surface area contributed by atoms with Gasteiger partial charge in [0.2, 0.25) is 23.6 Å². The predicted molar refractivity (Wildman–Crippen MR) is 296 cm³/mol. The Morgan fingerprint density at radius 3 is 1.82 bits per heavy atom. The van der Waals surface area contributed by atoms with E-state index in [1.165, 1.54) is 57.8 Å². The minimum absolute atomic E-state index is 0.0487. The lowest BCUT2D eigenvalue weighted by atomic mass is 9.61. The van der Waals surface area contributed by atoms with E-state index in [0.717, 1.165) is 77.0 Å². The fourth-order valence-electron chi connectivity index (χ4n) is 11.4. The number of hydrogen-bond acceptors (Lipinski definition) is 9. The van der Waals surface area contributed by atoms with Crippen molar-refractivity contribution in [2.24, 2.45) is 18.4 Å². The molecule has 1 saturated carbocycles. The van der Waals surface area contributed by atoms with Crippen LogP contribution in [-0.2, 0) is 62.2 Å². The van der Waals surface area contributed by atoms with Crippen molar-refractivity contribution in [2.75, 3.05) is 47.0 Å². The number of ether oxygens (including phenoxy) is 3. The molecule has 0 spiro atoms. The van der Waals surface area contributed by atoms with Crippen molar-refractivity contribution in [1.29, 1.82) is 0 Å². The lowest BCUT2D eigenvalue weighted by Crippen LogP contribution is -2.66. The van der Waals surface area contributed by atoms with Gasteiger partial charge in [-0.05, 0) is 97.9 Å². The summed E-state index contributed by atoms with van der Waals surface area (Å²) in [5.41, 5.74) is 5.86. The average Bonchev–Trinajstić information content (AvgIpc) is 4.12. The molecule has 3 aromatic carbocycles. The van der Waals surface area contributed by atoms with Crippen molar-refractivity contribution >= 4 is 23.6 Å². The number of nitrogens with one attached hydrogen (secondary N) is 3. The Hall–Kier alpha value is -6.48. The van der Waals surface area contributed by atoms with Gasteiger partial charge in [-0.15, -0.1) is 0 Å².